The van der Waals surface area contributed by atoms with Crippen LogP contribution in [0, 0.1) is 23.7 Å². The lowest BCUT2D eigenvalue weighted by atomic mass is 9.97. The molecular formula is C41H80N6O11. The molecule has 0 rings (SSSR count). The number of carbonyl (C=O) groups is 7. The average molecular weight is 833 g/mol. The number of nitrogens with one attached hydrogen (secondary N) is 6. The van der Waals surface area contributed by atoms with Gasteiger partial charge in [0.2, 0.25) is 17.7 Å². The normalized spacial score (nSPS) is 14.5. The van der Waals surface area contributed by atoms with E-state index in [9.17, 15) is 33.6 Å². The molecule has 0 radical (unpaired) electrons. The van der Waals surface area contributed by atoms with E-state index in [1.54, 1.807) is 76.3 Å². The van der Waals surface area contributed by atoms with Crippen LogP contribution in [0.4, 0.5) is 14.4 Å². The van der Waals surface area contributed by atoms with Crippen molar-refractivity contribution in [3.63, 3.8) is 0 Å². The lowest BCUT2D eigenvalue weighted by Gasteiger charge is -2.28. The third kappa shape index (κ3) is 29.9. The maximum atomic E-state index is 12.7. The van der Waals surface area contributed by atoms with Crippen molar-refractivity contribution < 1.29 is 52.9 Å². The summed E-state index contributed by atoms with van der Waals surface area (Å²) >= 11 is 0. The van der Waals surface area contributed by atoms with Crippen LogP contribution in [0.2, 0.25) is 0 Å². The summed E-state index contributed by atoms with van der Waals surface area (Å²) in [5, 5.41) is 24.4. The predicted molar refractivity (Wildman–Crippen MR) is 225 cm³/mol. The summed E-state index contributed by atoms with van der Waals surface area (Å²) in [4.78, 5) is 82.2. The Labute approximate surface area is 348 Å². The molecule has 6 amide bonds. The first-order valence-corrected chi connectivity index (χ1v) is 20.2. The highest BCUT2D eigenvalue weighted by Crippen LogP contribution is 2.14. The highest BCUT2D eigenvalue weighted by atomic mass is 16.6. The van der Waals surface area contributed by atoms with Gasteiger partial charge in [-0.2, -0.15) is 0 Å². The van der Waals surface area contributed by atoms with Gasteiger partial charge in [-0.15, -0.1) is 0 Å². The lowest BCUT2D eigenvalue weighted by molar-refractivity contribution is -0.140. The fourth-order valence-corrected chi connectivity index (χ4v) is 4.72. The second kappa shape index (κ2) is 27.4. The van der Waals surface area contributed by atoms with Crippen molar-refractivity contribution in [1.82, 2.24) is 31.9 Å². The smallest absolute Gasteiger partial charge is 0.408 e. The first-order valence-electron chi connectivity index (χ1n) is 20.2. The number of carboxylic acids is 1. The SMILES string of the molecule is CCC(C)[C@H](NC(=O)OC(C)(C)C)C(=O)N[C@@H](CC(C)C)C(=O)NC.CCC(C)[C@H](NC(=O)OC(C)(C)C)C(=O)O.CNC(=O)[C@H](CC(C)C)NC(=O)OC(C)(C)C. The number of carboxylic acid groups (broad SMARTS) is 1. The molecule has 0 spiro atoms. The number of carbonyl (C=O) groups excluding carboxylic acids is 6. The molecular weight excluding hydrogens is 752 g/mol. The number of rotatable bonds is 16. The number of hydrogen-bond donors (Lipinski definition) is 7. The van der Waals surface area contributed by atoms with Crippen LogP contribution in [0.15, 0.2) is 0 Å². The van der Waals surface area contributed by atoms with Gasteiger partial charge in [-0.05, 0) is 98.8 Å². The number of hydrogen-bond acceptors (Lipinski definition) is 10. The third-order valence-electron chi connectivity index (χ3n) is 7.87. The molecule has 17 nitrogen and oxygen atoms in total. The minimum atomic E-state index is -1.04. The molecule has 0 aliphatic heterocycles. The van der Waals surface area contributed by atoms with E-state index in [4.69, 9.17) is 19.3 Å². The molecule has 6 atom stereocenters. The Morgan fingerprint density at radius 2 is 0.776 bits per heavy atom. The molecule has 0 fully saturated rings. The average Bonchev–Trinajstić information content (AvgIpc) is 3.05. The molecule has 0 aromatic heterocycles. The molecule has 0 aromatic carbocycles. The van der Waals surface area contributed by atoms with Gasteiger partial charge in [-0.1, -0.05) is 68.2 Å². The number of alkyl carbamates (subject to hydrolysis) is 3. The van der Waals surface area contributed by atoms with E-state index in [2.05, 4.69) is 31.9 Å². The van der Waals surface area contributed by atoms with Gasteiger partial charge in [0.15, 0.2) is 0 Å². The summed E-state index contributed by atoms with van der Waals surface area (Å²) in [6.07, 6.45) is 0.569. The molecule has 0 saturated carbocycles. The number of amides is 6. The van der Waals surface area contributed by atoms with Crippen molar-refractivity contribution in [1.29, 1.82) is 0 Å². The standard InChI is InChI=1S/C18H35N3O4.C12H24N2O3.C11H21NO4/c1-9-12(4)14(21-17(24)25-18(5,6)7)16(23)20-13(10-11(2)3)15(22)19-8;1-8(2)7-9(10(15)13-6)14-11(16)17-12(3,4)5;1-6-7(2)8(9(13)14)12-10(15)16-11(3,4)5/h11-14H,9-10H2,1-8H3,(H,19,22)(H,20,23)(H,21,24);8-9H,7H2,1-6H3,(H,13,15)(H,14,16);7-8H,6H2,1-5H3,(H,12,15)(H,13,14)/t12?,13-,14-;9-;7?,8-/m000/s1. The van der Waals surface area contributed by atoms with Crippen molar-refractivity contribution >= 4 is 42.0 Å². The van der Waals surface area contributed by atoms with Crippen molar-refractivity contribution in [3.05, 3.63) is 0 Å². The van der Waals surface area contributed by atoms with E-state index in [1.807, 2.05) is 48.5 Å². The van der Waals surface area contributed by atoms with Crippen LogP contribution >= 0.6 is 0 Å². The molecule has 58 heavy (non-hydrogen) atoms. The molecule has 7 N–H and O–H groups in total. The van der Waals surface area contributed by atoms with E-state index in [-0.39, 0.29) is 35.5 Å². The van der Waals surface area contributed by atoms with Crippen LogP contribution in [-0.2, 0) is 33.4 Å². The Hall–Kier alpha value is -4.31. The van der Waals surface area contributed by atoms with Crippen LogP contribution in [0.1, 0.15) is 143 Å². The molecule has 0 bridgehead atoms. The monoisotopic (exact) mass is 833 g/mol. The molecule has 17 heteroatoms. The zero-order chi connectivity index (χ0) is 46.4. The Kier molecular flexibility index (Phi) is 27.4. The zero-order valence-corrected chi connectivity index (χ0v) is 39.0. The molecule has 0 saturated heterocycles. The summed E-state index contributed by atoms with van der Waals surface area (Å²) in [5.41, 5.74) is -1.83. The first-order chi connectivity index (χ1) is 26.2. The molecule has 0 aromatic rings. The largest absolute Gasteiger partial charge is 0.480 e. The van der Waals surface area contributed by atoms with Gasteiger partial charge in [0.05, 0.1) is 0 Å². The number of aliphatic carboxylic acids is 1. The molecule has 340 valence electrons. The summed E-state index contributed by atoms with van der Waals surface area (Å²) in [5.74, 6) is -1.56. The van der Waals surface area contributed by atoms with Crippen molar-refractivity contribution in [2.24, 2.45) is 23.7 Å². The van der Waals surface area contributed by atoms with Crippen molar-refractivity contribution in [2.75, 3.05) is 14.1 Å². The first kappa shape index (κ1) is 58.0. The maximum absolute atomic E-state index is 12.7. The van der Waals surface area contributed by atoms with Gasteiger partial charge in [-0.25, -0.2) is 19.2 Å². The minimum absolute atomic E-state index is 0.100. The predicted octanol–water partition coefficient (Wildman–Crippen LogP) is 5.88. The highest BCUT2D eigenvalue weighted by molar-refractivity contribution is 5.91. The highest BCUT2D eigenvalue weighted by Gasteiger charge is 2.32. The number of likely N-dealkylation sites (N-methyl/N-ethyl adjacent to an activating group) is 2. The van der Waals surface area contributed by atoms with Gasteiger partial charge < -0.3 is 51.2 Å². The minimum Gasteiger partial charge on any atom is -0.480 e. The van der Waals surface area contributed by atoms with Gasteiger partial charge in [0, 0.05) is 14.1 Å². The maximum Gasteiger partial charge on any atom is 0.408 e. The molecule has 0 aliphatic carbocycles. The van der Waals surface area contributed by atoms with Gasteiger partial charge in [-0.3, -0.25) is 14.4 Å². The Morgan fingerprint density at radius 3 is 1.05 bits per heavy atom. The van der Waals surface area contributed by atoms with Gasteiger partial charge >= 0.3 is 24.2 Å². The number of ether oxygens (including phenoxy) is 3. The molecule has 2 unspecified atom stereocenters. The van der Waals surface area contributed by atoms with Crippen LogP contribution < -0.4 is 31.9 Å². The second-order valence-corrected chi connectivity index (χ2v) is 18.1. The molecule has 0 heterocycles. The zero-order valence-electron chi connectivity index (χ0n) is 39.0. The van der Waals surface area contributed by atoms with Crippen LogP contribution in [-0.4, -0.2) is 102 Å². The second-order valence-electron chi connectivity index (χ2n) is 18.1. The summed E-state index contributed by atoms with van der Waals surface area (Å²) < 4.78 is 15.4. The van der Waals surface area contributed by atoms with Crippen molar-refractivity contribution in [2.45, 2.75) is 184 Å². The van der Waals surface area contributed by atoms with Gasteiger partial charge in [0.25, 0.3) is 0 Å². The van der Waals surface area contributed by atoms with Crippen LogP contribution in [0.5, 0.6) is 0 Å². The quantitative estimate of drug-likeness (QED) is 0.0906. The van der Waals surface area contributed by atoms with E-state index >= 15 is 0 Å². The van der Waals surface area contributed by atoms with Crippen LogP contribution in [0.3, 0.4) is 0 Å². The van der Waals surface area contributed by atoms with Gasteiger partial charge in [0.1, 0.15) is 41.0 Å². The Bertz CT molecular complexity index is 1290. The Balaban J connectivity index is -0.000000811. The van der Waals surface area contributed by atoms with E-state index in [0.29, 0.717) is 31.6 Å². The lowest BCUT2D eigenvalue weighted by Crippen LogP contribution is -2.56. The fraction of sp³-hybridized carbons (Fsp3) is 0.829. The Morgan fingerprint density at radius 1 is 0.483 bits per heavy atom. The summed E-state index contributed by atoms with van der Waals surface area (Å²) in [6.45, 7) is 31.2. The topological polar surface area (TPSA) is 240 Å². The van der Waals surface area contributed by atoms with E-state index < -0.39 is 65.2 Å². The summed E-state index contributed by atoms with van der Waals surface area (Å²) in [7, 11) is 3.08. The van der Waals surface area contributed by atoms with Crippen LogP contribution in [0.25, 0.3) is 0 Å². The van der Waals surface area contributed by atoms with E-state index in [1.165, 1.54) is 7.05 Å². The van der Waals surface area contributed by atoms with Crippen molar-refractivity contribution in [3.8, 4) is 0 Å². The molecule has 0 aliphatic rings. The fourth-order valence-electron chi connectivity index (χ4n) is 4.72. The summed E-state index contributed by atoms with van der Waals surface area (Å²) in [6, 6.07) is -2.85. The third-order valence-corrected chi connectivity index (χ3v) is 7.87. The van der Waals surface area contributed by atoms with E-state index in [0.717, 1.165) is 0 Å².